The van der Waals surface area contributed by atoms with Crippen LogP contribution in [-0.2, 0) is 14.8 Å². The van der Waals surface area contributed by atoms with E-state index in [9.17, 15) is 13.2 Å². The number of likely N-dealkylation sites (tertiary alicyclic amines) is 1. The highest BCUT2D eigenvalue weighted by atomic mass is 32.2. The number of piperidine rings is 1. The van der Waals surface area contributed by atoms with Crippen molar-refractivity contribution < 1.29 is 17.9 Å². The fraction of sp³-hybridized carbons (Fsp3) is 0.600. The molecule has 8 heteroatoms. The number of carbonyl (C=O) groups is 1. The molecule has 0 aromatic carbocycles. The van der Waals surface area contributed by atoms with E-state index in [0.717, 1.165) is 0 Å². The molecule has 0 bridgehead atoms. The Kier molecular flexibility index (Phi) is 4.54. The molecule has 126 valence electrons. The summed E-state index contributed by atoms with van der Waals surface area (Å²) in [4.78, 5) is 18.2. The van der Waals surface area contributed by atoms with Gasteiger partial charge in [-0.15, -0.1) is 0 Å². The summed E-state index contributed by atoms with van der Waals surface area (Å²) >= 11 is 0. The Morgan fingerprint density at radius 1 is 1.30 bits per heavy atom. The van der Waals surface area contributed by atoms with Gasteiger partial charge in [-0.05, 0) is 25.0 Å². The number of rotatable bonds is 4. The minimum Gasteiger partial charge on any atom is -0.485 e. The molecule has 0 saturated carbocycles. The lowest BCUT2D eigenvalue weighted by molar-refractivity contribution is -0.145. The van der Waals surface area contributed by atoms with Gasteiger partial charge in [-0.25, -0.2) is 12.7 Å². The summed E-state index contributed by atoms with van der Waals surface area (Å²) in [7, 11) is -3.15. The lowest BCUT2D eigenvalue weighted by Gasteiger charge is -2.41. The molecule has 23 heavy (non-hydrogen) atoms. The Bertz CT molecular complexity index is 651. The molecular weight excluding hydrogens is 318 g/mol. The van der Waals surface area contributed by atoms with Crippen LogP contribution in [0, 0.1) is 5.92 Å². The molecule has 0 N–H and O–H groups in total. The van der Waals surface area contributed by atoms with Crippen molar-refractivity contribution in [3.63, 3.8) is 0 Å². The molecule has 2 saturated heterocycles. The van der Waals surface area contributed by atoms with Crippen molar-refractivity contribution >= 4 is 15.9 Å². The number of hydrogen-bond donors (Lipinski definition) is 0. The molecule has 7 nitrogen and oxygen atoms in total. The van der Waals surface area contributed by atoms with Crippen molar-refractivity contribution in [2.75, 3.05) is 32.4 Å². The quantitative estimate of drug-likeness (QED) is 0.790. The average molecular weight is 339 g/mol. The van der Waals surface area contributed by atoms with Crippen molar-refractivity contribution in [2.45, 2.75) is 18.9 Å². The van der Waals surface area contributed by atoms with E-state index in [4.69, 9.17) is 4.74 Å². The molecule has 1 aromatic heterocycles. The fourth-order valence-corrected chi connectivity index (χ4v) is 3.87. The zero-order valence-corrected chi connectivity index (χ0v) is 13.9. The van der Waals surface area contributed by atoms with E-state index < -0.39 is 10.0 Å². The molecule has 1 aromatic rings. The van der Waals surface area contributed by atoms with Gasteiger partial charge in [-0.3, -0.25) is 9.78 Å². The standard InChI is InChI=1S/C15H21N3O4S/c1-23(20,21)18-7-4-12(5-8-18)15(19)17-10-14(11-17)22-13-3-2-6-16-9-13/h2-3,6,9,12,14H,4-5,7-8,10-11H2,1H3. The molecule has 0 aliphatic carbocycles. The Labute approximate surface area is 136 Å². The maximum atomic E-state index is 12.4. The summed E-state index contributed by atoms with van der Waals surface area (Å²) in [6.07, 6.45) is 5.76. The van der Waals surface area contributed by atoms with Crippen molar-refractivity contribution in [2.24, 2.45) is 5.92 Å². The van der Waals surface area contributed by atoms with E-state index in [0.29, 0.717) is 44.8 Å². The van der Waals surface area contributed by atoms with Gasteiger partial charge in [0.15, 0.2) is 0 Å². The van der Waals surface area contributed by atoms with Crippen LogP contribution in [0.5, 0.6) is 5.75 Å². The third-order valence-corrected chi connectivity index (χ3v) is 5.67. The number of pyridine rings is 1. The van der Waals surface area contributed by atoms with Crippen molar-refractivity contribution in [3.8, 4) is 5.75 Å². The number of ether oxygens (including phenoxy) is 1. The number of amides is 1. The average Bonchev–Trinajstić information content (AvgIpc) is 2.50. The third-order valence-electron chi connectivity index (χ3n) is 4.37. The Morgan fingerprint density at radius 2 is 2.00 bits per heavy atom. The van der Waals surface area contributed by atoms with E-state index in [1.165, 1.54) is 10.6 Å². The molecule has 0 atom stereocenters. The Balaban J connectivity index is 1.45. The first kappa shape index (κ1) is 16.2. The predicted octanol–water partition coefficient (Wildman–Crippen LogP) is 0.343. The number of carbonyl (C=O) groups excluding carboxylic acids is 1. The van der Waals surface area contributed by atoms with Crippen LogP contribution in [0.2, 0.25) is 0 Å². The van der Waals surface area contributed by atoms with Crippen LogP contribution < -0.4 is 4.74 Å². The minimum atomic E-state index is -3.15. The monoisotopic (exact) mass is 339 g/mol. The topological polar surface area (TPSA) is 79.8 Å². The second-order valence-electron chi connectivity index (χ2n) is 6.11. The zero-order valence-electron chi connectivity index (χ0n) is 13.1. The van der Waals surface area contributed by atoms with Crippen LogP contribution >= 0.6 is 0 Å². The molecule has 3 rings (SSSR count). The van der Waals surface area contributed by atoms with E-state index in [-0.39, 0.29) is 17.9 Å². The summed E-state index contributed by atoms with van der Waals surface area (Å²) in [6, 6.07) is 3.66. The van der Waals surface area contributed by atoms with Crippen LogP contribution in [0.4, 0.5) is 0 Å². The molecule has 0 spiro atoms. The predicted molar refractivity (Wildman–Crippen MR) is 84.4 cm³/mol. The van der Waals surface area contributed by atoms with Gasteiger partial charge < -0.3 is 9.64 Å². The molecule has 2 aliphatic heterocycles. The van der Waals surface area contributed by atoms with E-state index >= 15 is 0 Å². The highest BCUT2D eigenvalue weighted by Crippen LogP contribution is 2.25. The molecule has 0 radical (unpaired) electrons. The smallest absolute Gasteiger partial charge is 0.226 e. The van der Waals surface area contributed by atoms with Crippen molar-refractivity contribution in [3.05, 3.63) is 24.5 Å². The summed E-state index contributed by atoms with van der Waals surface area (Å²) in [5.74, 6) is 0.752. The molecule has 2 aliphatic rings. The van der Waals surface area contributed by atoms with Gasteiger partial charge in [0.05, 0.1) is 25.5 Å². The highest BCUT2D eigenvalue weighted by Gasteiger charge is 2.37. The lowest BCUT2D eigenvalue weighted by Crippen LogP contribution is -2.58. The number of hydrogen-bond acceptors (Lipinski definition) is 5. The first-order valence-electron chi connectivity index (χ1n) is 7.74. The third kappa shape index (κ3) is 3.81. The number of aromatic nitrogens is 1. The maximum absolute atomic E-state index is 12.4. The second-order valence-corrected chi connectivity index (χ2v) is 8.09. The van der Waals surface area contributed by atoms with Crippen molar-refractivity contribution in [1.82, 2.24) is 14.2 Å². The van der Waals surface area contributed by atoms with Crippen LogP contribution in [0.1, 0.15) is 12.8 Å². The van der Waals surface area contributed by atoms with Crippen LogP contribution in [-0.4, -0.2) is 67.1 Å². The van der Waals surface area contributed by atoms with Gasteiger partial charge in [0.25, 0.3) is 0 Å². The Hall–Kier alpha value is -1.67. The summed E-state index contributed by atoms with van der Waals surface area (Å²) < 4.78 is 30.2. The molecular formula is C15H21N3O4S. The lowest BCUT2D eigenvalue weighted by atomic mass is 9.95. The van der Waals surface area contributed by atoms with E-state index in [2.05, 4.69) is 4.98 Å². The SMILES string of the molecule is CS(=O)(=O)N1CCC(C(=O)N2CC(Oc3cccnc3)C2)CC1. The van der Waals surface area contributed by atoms with Gasteiger partial charge in [0.2, 0.25) is 15.9 Å². The van der Waals surface area contributed by atoms with Gasteiger partial charge in [-0.1, -0.05) is 0 Å². The summed E-state index contributed by atoms with van der Waals surface area (Å²) in [6.45, 7) is 2.03. The number of sulfonamides is 1. The highest BCUT2D eigenvalue weighted by molar-refractivity contribution is 7.88. The largest absolute Gasteiger partial charge is 0.485 e. The first-order chi connectivity index (χ1) is 10.9. The van der Waals surface area contributed by atoms with Gasteiger partial charge >= 0.3 is 0 Å². The number of nitrogens with zero attached hydrogens (tertiary/aromatic N) is 3. The van der Waals surface area contributed by atoms with E-state index in [1.54, 1.807) is 17.3 Å². The summed E-state index contributed by atoms with van der Waals surface area (Å²) in [5, 5.41) is 0. The van der Waals surface area contributed by atoms with Crippen LogP contribution in [0.3, 0.4) is 0 Å². The van der Waals surface area contributed by atoms with Crippen molar-refractivity contribution in [1.29, 1.82) is 0 Å². The van der Waals surface area contributed by atoms with Crippen LogP contribution in [0.25, 0.3) is 0 Å². The van der Waals surface area contributed by atoms with E-state index in [1.807, 2.05) is 12.1 Å². The Morgan fingerprint density at radius 3 is 2.57 bits per heavy atom. The molecule has 0 unspecified atom stereocenters. The minimum absolute atomic E-state index is 0.0132. The normalized spacial score (nSPS) is 21.0. The fourth-order valence-electron chi connectivity index (χ4n) is 2.99. The second kappa shape index (κ2) is 6.45. The maximum Gasteiger partial charge on any atom is 0.226 e. The summed E-state index contributed by atoms with van der Waals surface area (Å²) in [5.41, 5.74) is 0. The van der Waals surface area contributed by atoms with Gasteiger partial charge in [-0.2, -0.15) is 0 Å². The zero-order chi connectivity index (χ0) is 16.4. The van der Waals surface area contributed by atoms with Gasteiger partial charge in [0, 0.05) is 25.2 Å². The molecule has 2 fully saturated rings. The van der Waals surface area contributed by atoms with Gasteiger partial charge in [0.1, 0.15) is 11.9 Å². The molecule has 1 amide bonds. The first-order valence-corrected chi connectivity index (χ1v) is 9.59. The van der Waals surface area contributed by atoms with Crippen LogP contribution in [0.15, 0.2) is 24.5 Å². The molecule has 3 heterocycles.